The lowest BCUT2D eigenvalue weighted by molar-refractivity contribution is -0.274. The second-order valence-corrected chi connectivity index (χ2v) is 4.30. The fourth-order valence-electron chi connectivity index (χ4n) is 0.984. The summed E-state index contributed by atoms with van der Waals surface area (Å²) < 4.78 is 40.5. The van der Waals surface area contributed by atoms with E-state index >= 15 is 0 Å². The van der Waals surface area contributed by atoms with Crippen molar-refractivity contribution in [2.75, 3.05) is 0 Å². The number of rotatable bonds is 3. The van der Waals surface area contributed by atoms with Crippen molar-refractivity contribution in [1.82, 2.24) is 4.98 Å². The van der Waals surface area contributed by atoms with Gasteiger partial charge in [-0.1, -0.05) is 15.9 Å². The molecule has 0 spiro atoms. The third kappa shape index (κ3) is 3.74. The number of halogens is 5. The van der Waals surface area contributed by atoms with Gasteiger partial charge in [0.05, 0.1) is 12.3 Å². The van der Waals surface area contributed by atoms with Crippen LogP contribution in [0.5, 0.6) is 5.75 Å². The first-order chi connectivity index (χ1) is 7.37. The van der Waals surface area contributed by atoms with E-state index in [9.17, 15) is 13.2 Å². The number of ether oxygens (including phenoxy) is 1. The first kappa shape index (κ1) is 14.0. The highest BCUT2D eigenvalue weighted by Gasteiger charge is 2.32. The first-order valence-corrected chi connectivity index (χ1v) is 6.18. The number of pyridine rings is 1. The molecule has 1 rings (SSSR count). The molecule has 1 heterocycles. The highest BCUT2D eigenvalue weighted by Crippen LogP contribution is 2.31. The van der Waals surface area contributed by atoms with Gasteiger partial charge in [-0.25, -0.2) is 4.98 Å². The Balaban J connectivity index is 3.18. The van der Waals surface area contributed by atoms with Crippen molar-refractivity contribution in [3.05, 3.63) is 21.0 Å². The molecule has 0 bridgehead atoms. The van der Waals surface area contributed by atoms with Gasteiger partial charge in [0.25, 0.3) is 0 Å². The van der Waals surface area contributed by atoms with Gasteiger partial charge >= 0.3 is 6.36 Å². The Morgan fingerprint density at radius 2 is 2.12 bits per heavy atom. The van der Waals surface area contributed by atoms with Gasteiger partial charge < -0.3 is 9.84 Å². The van der Waals surface area contributed by atoms with Crippen molar-refractivity contribution >= 4 is 38.5 Å². The maximum Gasteiger partial charge on any atom is 0.573 e. The van der Waals surface area contributed by atoms with E-state index < -0.39 is 13.0 Å². The summed E-state index contributed by atoms with van der Waals surface area (Å²) in [5.74, 6) is -0.340. The molecule has 0 amide bonds. The van der Waals surface area contributed by atoms with Crippen LogP contribution in [0.3, 0.4) is 0 Å². The largest absolute Gasteiger partial charge is 0.573 e. The van der Waals surface area contributed by atoms with Crippen LogP contribution in [0.1, 0.15) is 11.3 Å². The fraction of sp³-hybridized carbons (Fsp3) is 0.375. The Labute approximate surface area is 111 Å². The summed E-state index contributed by atoms with van der Waals surface area (Å²) in [4.78, 5) is 3.91. The molecule has 0 saturated carbocycles. The minimum atomic E-state index is -4.76. The molecule has 0 aliphatic carbocycles. The molecule has 1 aromatic heterocycles. The van der Waals surface area contributed by atoms with Crippen LogP contribution in [-0.4, -0.2) is 16.5 Å². The molecule has 1 N–H and O–H groups in total. The average Bonchev–Trinajstić information content (AvgIpc) is 2.14. The second kappa shape index (κ2) is 5.50. The van der Waals surface area contributed by atoms with E-state index in [4.69, 9.17) is 5.11 Å². The Kier molecular flexibility index (Phi) is 4.80. The maximum atomic E-state index is 12.1. The van der Waals surface area contributed by atoms with Crippen molar-refractivity contribution < 1.29 is 23.0 Å². The van der Waals surface area contributed by atoms with E-state index in [-0.39, 0.29) is 16.8 Å². The van der Waals surface area contributed by atoms with Gasteiger partial charge in [-0.2, -0.15) is 0 Å². The van der Waals surface area contributed by atoms with E-state index in [1.54, 1.807) is 22.6 Å². The fourth-order valence-corrected chi connectivity index (χ4v) is 2.82. The van der Waals surface area contributed by atoms with Gasteiger partial charge in [-0.05, 0) is 22.6 Å². The van der Waals surface area contributed by atoms with Crippen LogP contribution < -0.4 is 4.74 Å². The van der Waals surface area contributed by atoms with E-state index in [2.05, 4.69) is 25.7 Å². The number of aliphatic hydroxyl groups is 1. The van der Waals surface area contributed by atoms with E-state index in [1.165, 1.54) is 0 Å². The first-order valence-electron chi connectivity index (χ1n) is 3.98. The van der Waals surface area contributed by atoms with E-state index in [0.29, 0.717) is 9.26 Å². The zero-order chi connectivity index (χ0) is 12.3. The predicted molar refractivity (Wildman–Crippen MR) is 62.2 cm³/mol. The van der Waals surface area contributed by atoms with Crippen molar-refractivity contribution in [3.8, 4) is 5.75 Å². The summed E-state index contributed by atoms with van der Waals surface area (Å²) in [5, 5.41) is 9.02. The molecular formula is C8H6BrF3INO2. The molecule has 0 atom stereocenters. The molecule has 1 aromatic rings. The Morgan fingerprint density at radius 1 is 1.50 bits per heavy atom. The lowest BCUT2D eigenvalue weighted by atomic mass is 10.2. The molecule has 0 unspecified atom stereocenters. The van der Waals surface area contributed by atoms with Crippen LogP contribution in [0.2, 0.25) is 0 Å². The number of nitrogens with zero attached hydrogens (tertiary/aromatic N) is 1. The summed E-state index contributed by atoms with van der Waals surface area (Å²) in [6.07, 6.45) is -4.76. The van der Waals surface area contributed by atoms with Crippen molar-refractivity contribution in [3.63, 3.8) is 0 Å². The molecule has 0 aromatic carbocycles. The van der Waals surface area contributed by atoms with E-state index in [1.807, 2.05) is 0 Å². The monoisotopic (exact) mass is 411 g/mol. The summed E-state index contributed by atoms with van der Waals surface area (Å²) in [6, 6.07) is 1.08. The van der Waals surface area contributed by atoms with Gasteiger partial charge in [0.2, 0.25) is 0 Å². The predicted octanol–water partition coefficient (Wildman–Crippen LogP) is 2.97. The third-order valence-corrected chi connectivity index (χ3v) is 3.06. The zero-order valence-electron chi connectivity index (χ0n) is 7.68. The molecule has 0 fully saturated rings. The van der Waals surface area contributed by atoms with Gasteiger partial charge in [0.1, 0.15) is 9.45 Å². The van der Waals surface area contributed by atoms with Crippen LogP contribution in [-0.2, 0) is 11.9 Å². The van der Waals surface area contributed by atoms with Gasteiger partial charge in [0, 0.05) is 17.0 Å². The van der Waals surface area contributed by atoms with Gasteiger partial charge in [-0.15, -0.1) is 13.2 Å². The minimum Gasteiger partial charge on any atom is -0.405 e. The Hall–Kier alpha value is -0.0900. The summed E-state index contributed by atoms with van der Waals surface area (Å²) in [7, 11) is 0. The van der Waals surface area contributed by atoms with Crippen molar-refractivity contribution in [2.24, 2.45) is 0 Å². The minimum absolute atomic E-state index is 0.133. The lowest BCUT2D eigenvalue weighted by Crippen LogP contribution is -2.19. The maximum absolute atomic E-state index is 12.1. The van der Waals surface area contributed by atoms with Gasteiger partial charge in [-0.3, -0.25) is 0 Å². The summed E-state index contributed by atoms with van der Waals surface area (Å²) >= 11 is 4.85. The SMILES string of the molecule is OCc1cc(OC(F)(F)F)c(CBr)c(I)n1. The van der Waals surface area contributed by atoms with Crippen LogP contribution >= 0.6 is 38.5 Å². The van der Waals surface area contributed by atoms with Crippen LogP contribution in [0.15, 0.2) is 6.07 Å². The Morgan fingerprint density at radius 3 is 2.56 bits per heavy atom. The Bertz CT molecular complexity index is 386. The number of alkyl halides is 4. The molecule has 8 heteroatoms. The lowest BCUT2D eigenvalue weighted by Gasteiger charge is -2.14. The van der Waals surface area contributed by atoms with Crippen molar-refractivity contribution in [2.45, 2.75) is 18.3 Å². The van der Waals surface area contributed by atoms with Crippen molar-refractivity contribution in [1.29, 1.82) is 0 Å². The normalized spacial score (nSPS) is 11.6. The van der Waals surface area contributed by atoms with Crippen LogP contribution in [0.4, 0.5) is 13.2 Å². The zero-order valence-corrected chi connectivity index (χ0v) is 11.4. The molecule has 3 nitrogen and oxygen atoms in total. The second-order valence-electron chi connectivity index (χ2n) is 2.72. The topological polar surface area (TPSA) is 42.4 Å². The van der Waals surface area contributed by atoms with Crippen LogP contribution in [0, 0.1) is 3.70 Å². The van der Waals surface area contributed by atoms with Gasteiger partial charge in [0.15, 0.2) is 0 Å². The molecule has 90 valence electrons. The summed E-state index contributed by atoms with van der Waals surface area (Å²) in [5.41, 5.74) is 0.434. The average molecular weight is 412 g/mol. The smallest absolute Gasteiger partial charge is 0.405 e. The number of hydrogen-bond donors (Lipinski definition) is 1. The highest BCUT2D eigenvalue weighted by atomic mass is 127. The standard InChI is InChI=1S/C8H6BrF3INO2/c9-2-5-6(16-8(10,11)12)1-4(3-15)14-7(5)13/h1,15H,2-3H2. The molecular weight excluding hydrogens is 406 g/mol. The number of hydrogen-bond acceptors (Lipinski definition) is 3. The molecule has 0 saturated heterocycles. The molecule has 16 heavy (non-hydrogen) atoms. The third-order valence-electron chi connectivity index (χ3n) is 1.61. The molecule has 0 aliphatic rings. The number of aliphatic hydroxyl groups excluding tert-OH is 1. The number of aromatic nitrogens is 1. The molecule has 0 aliphatic heterocycles. The van der Waals surface area contributed by atoms with Crippen LogP contribution in [0.25, 0.3) is 0 Å². The molecule has 0 radical (unpaired) electrons. The highest BCUT2D eigenvalue weighted by molar-refractivity contribution is 14.1. The quantitative estimate of drug-likeness (QED) is 0.472. The summed E-state index contributed by atoms with van der Waals surface area (Å²) in [6.45, 7) is -0.438. The van der Waals surface area contributed by atoms with E-state index in [0.717, 1.165) is 6.07 Å².